The molecular weight excluding hydrogens is 387 g/mol. The van der Waals surface area contributed by atoms with Gasteiger partial charge in [0.15, 0.2) is 11.6 Å². The van der Waals surface area contributed by atoms with E-state index in [1.165, 1.54) is 41.2 Å². The minimum atomic E-state index is -0.457. The Kier molecular flexibility index (Phi) is 6.10. The summed E-state index contributed by atoms with van der Waals surface area (Å²) in [5.74, 6) is 0.322. The second-order valence-corrected chi connectivity index (χ2v) is 8.47. The number of hydrogen-bond donors (Lipinski definition) is 1. The monoisotopic (exact) mass is 416 g/mol. The van der Waals surface area contributed by atoms with Crippen LogP contribution in [0.1, 0.15) is 46.7 Å². The molecule has 3 aromatic rings. The fourth-order valence-corrected chi connectivity index (χ4v) is 4.40. The highest BCUT2D eigenvalue weighted by Gasteiger charge is 2.26. The number of aryl methyl sites for hydroxylation is 2. The largest absolute Gasteiger partial charge is 0.454 e. The van der Waals surface area contributed by atoms with Crippen LogP contribution in [-0.4, -0.2) is 11.4 Å². The van der Waals surface area contributed by atoms with E-state index in [0.717, 1.165) is 13.1 Å². The maximum absolute atomic E-state index is 14.3. The van der Waals surface area contributed by atoms with Crippen LogP contribution in [0.3, 0.4) is 0 Å². The first-order valence-corrected chi connectivity index (χ1v) is 10.7. The number of ether oxygens (including phenoxy) is 1. The molecule has 1 unspecified atom stereocenters. The first kappa shape index (κ1) is 21.1. The molecule has 0 aromatic heterocycles. The molecule has 1 aliphatic rings. The summed E-state index contributed by atoms with van der Waals surface area (Å²) in [4.78, 5) is 2.54. The number of nitrogens with zero attached hydrogens (tertiary/aromatic N) is 1. The number of likely N-dealkylation sites (tertiary alicyclic amines) is 1. The predicted octanol–water partition coefficient (Wildman–Crippen LogP) is 6.50. The van der Waals surface area contributed by atoms with Crippen molar-refractivity contribution in [2.75, 3.05) is 6.54 Å². The third-order valence-corrected chi connectivity index (χ3v) is 5.83. The van der Waals surface area contributed by atoms with Crippen LogP contribution in [0.4, 0.5) is 4.39 Å². The summed E-state index contributed by atoms with van der Waals surface area (Å²) in [6, 6.07) is 19.8. The van der Waals surface area contributed by atoms with Crippen LogP contribution in [0, 0.1) is 19.7 Å². The van der Waals surface area contributed by atoms with Crippen molar-refractivity contribution in [2.45, 2.75) is 39.3 Å². The van der Waals surface area contributed by atoms with Crippen LogP contribution in [0.5, 0.6) is 11.5 Å². The van der Waals surface area contributed by atoms with Crippen molar-refractivity contribution in [3.05, 3.63) is 101 Å². The lowest BCUT2D eigenvalue weighted by molar-refractivity contribution is 0.248. The molecule has 3 aromatic carbocycles. The zero-order chi connectivity index (χ0) is 22.0. The topological polar surface area (TPSA) is 38.5 Å². The van der Waals surface area contributed by atoms with E-state index in [1.807, 2.05) is 12.1 Å². The van der Waals surface area contributed by atoms with Gasteiger partial charge in [0.2, 0.25) is 0 Å². The van der Waals surface area contributed by atoms with E-state index in [9.17, 15) is 4.39 Å². The second kappa shape index (κ2) is 8.94. The molecule has 0 saturated carbocycles. The standard InChI is InChI=1S/C27H29FN2O/c1-18-13-19(2)15-23(14-18)26-5-4-12-30(26)17-21-6-9-24(10-7-21)31-27-11-8-22(20(3)29)16-25(27)28/h6-11,13-16,26H,3-5,12,17,29H2,1-2H3. The average molecular weight is 417 g/mol. The summed E-state index contributed by atoms with van der Waals surface area (Å²) in [5.41, 5.74) is 11.8. The Bertz CT molecular complexity index is 1070. The van der Waals surface area contributed by atoms with E-state index in [4.69, 9.17) is 10.5 Å². The SMILES string of the molecule is C=C(N)c1ccc(Oc2ccc(CN3CCCC3c3cc(C)cc(C)c3)cc2)c(F)c1. The zero-order valence-corrected chi connectivity index (χ0v) is 18.2. The van der Waals surface area contributed by atoms with E-state index in [1.54, 1.807) is 12.1 Å². The number of halogens is 1. The van der Waals surface area contributed by atoms with E-state index in [0.29, 0.717) is 23.1 Å². The third-order valence-electron chi connectivity index (χ3n) is 5.83. The summed E-state index contributed by atoms with van der Waals surface area (Å²) >= 11 is 0. The van der Waals surface area contributed by atoms with Gasteiger partial charge in [-0.05, 0) is 80.3 Å². The van der Waals surface area contributed by atoms with Crippen molar-refractivity contribution in [2.24, 2.45) is 5.73 Å². The molecule has 4 heteroatoms. The van der Waals surface area contributed by atoms with Gasteiger partial charge in [-0.25, -0.2) is 4.39 Å². The van der Waals surface area contributed by atoms with Gasteiger partial charge >= 0.3 is 0 Å². The van der Waals surface area contributed by atoms with Crippen LogP contribution in [0.25, 0.3) is 5.70 Å². The first-order valence-electron chi connectivity index (χ1n) is 10.7. The molecular formula is C27H29FN2O. The fraction of sp³-hybridized carbons (Fsp3) is 0.259. The predicted molar refractivity (Wildman–Crippen MR) is 124 cm³/mol. The second-order valence-electron chi connectivity index (χ2n) is 8.47. The van der Waals surface area contributed by atoms with Gasteiger partial charge < -0.3 is 10.5 Å². The van der Waals surface area contributed by atoms with E-state index in [-0.39, 0.29) is 5.75 Å². The highest BCUT2D eigenvalue weighted by Crippen LogP contribution is 2.34. The van der Waals surface area contributed by atoms with E-state index < -0.39 is 5.82 Å². The lowest BCUT2D eigenvalue weighted by atomic mass is 9.99. The van der Waals surface area contributed by atoms with Crippen molar-refractivity contribution in [3.8, 4) is 11.5 Å². The Morgan fingerprint density at radius 1 is 1.06 bits per heavy atom. The molecule has 1 aliphatic heterocycles. The van der Waals surface area contributed by atoms with Crippen molar-refractivity contribution in [1.82, 2.24) is 4.90 Å². The maximum atomic E-state index is 14.3. The number of rotatable bonds is 6. The Balaban J connectivity index is 1.44. The number of nitrogens with two attached hydrogens (primary N) is 1. The molecule has 4 rings (SSSR count). The minimum absolute atomic E-state index is 0.173. The van der Waals surface area contributed by atoms with E-state index in [2.05, 4.69) is 55.7 Å². The lowest BCUT2D eigenvalue weighted by Gasteiger charge is -2.25. The lowest BCUT2D eigenvalue weighted by Crippen LogP contribution is -2.22. The summed E-state index contributed by atoms with van der Waals surface area (Å²) in [5, 5.41) is 0. The Morgan fingerprint density at radius 2 is 1.77 bits per heavy atom. The summed E-state index contributed by atoms with van der Waals surface area (Å²) in [6.45, 7) is 9.94. The molecule has 0 bridgehead atoms. The fourth-order valence-electron chi connectivity index (χ4n) is 4.40. The van der Waals surface area contributed by atoms with Crippen LogP contribution in [-0.2, 0) is 6.54 Å². The molecule has 0 amide bonds. The molecule has 0 radical (unpaired) electrons. The van der Waals surface area contributed by atoms with Gasteiger partial charge in [-0.3, -0.25) is 4.90 Å². The summed E-state index contributed by atoms with van der Waals surface area (Å²) in [7, 11) is 0. The van der Waals surface area contributed by atoms with Crippen LogP contribution in [0.15, 0.2) is 67.2 Å². The normalized spacial score (nSPS) is 16.4. The van der Waals surface area contributed by atoms with Gasteiger partial charge in [0.05, 0.1) is 0 Å². The van der Waals surface area contributed by atoms with Crippen LogP contribution >= 0.6 is 0 Å². The Hall–Kier alpha value is -3.11. The number of benzene rings is 3. The zero-order valence-electron chi connectivity index (χ0n) is 18.2. The Morgan fingerprint density at radius 3 is 2.42 bits per heavy atom. The molecule has 2 N–H and O–H groups in total. The van der Waals surface area contributed by atoms with Crippen molar-refractivity contribution in [3.63, 3.8) is 0 Å². The van der Waals surface area contributed by atoms with Crippen molar-refractivity contribution in [1.29, 1.82) is 0 Å². The molecule has 1 atom stereocenters. The van der Waals surface area contributed by atoms with Crippen LogP contribution < -0.4 is 10.5 Å². The first-order chi connectivity index (χ1) is 14.9. The molecule has 1 saturated heterocycles. The van der Waals surface area contributed by atoms with Crippen molar-refractivity contribution >= 4 is 5.70 Å². The van der Waals surface area contributed by atoms with Gasteiger partial charge in [0, 0.05) is 18.3 Å². The maximum Gasteiger partial charge on any atom is 0.166 e. The van der Waals surface area contributed by atoms with E-state index >= 15 is 0 Å². The molecule has 31 heavy (non-hydrogen) atoms. The minimum Gasteiger partial charge on any atom is -0.454 e. The summed E-state index contributed by atoms with van der Waals surface area (Å²) in [6.07, 6.45) is 2.40. The Labute approximate surface area is 184 Å². The van der Waals surface area contributed by atoms with Gasteiger partial charge in [-0.15, -0.1) is 0 Å². The van der Waals surface area contributed by atoms with Gasteiger partial charge in [-0.1, -0.05) is 48.0 Å². The average Bonchev–Trinajstić information content (AvgIpc) is 3.18. The highest BCUT2D eigenvalue weighted by molar-refractivity contribution is 5.61. The molecule has 0 spiro atoms. The number of hydrogen-bond acceptors (Lipinski definition) is 3. The smallest absolute Gasteiger partial charge is 0.166 e. The highest BCUT2D eigenvalue weighted by atomic mass is 19.1. The van der Waals surface area contributed by atoms with Crippen LogP contribution in [0.2, 0.25) is 0 Å². The molecule has 1 heterocycles. The third kappa shape index (κ3) is 4.97. The van der Waals surface area contributed by atoms with Gasteiger partial charge in [0.1, 0.15) is 5.75 Å². The summed E-state index contributed by atoms with van der Waals surface area (Å²) < 4.78 is 20.0. The molecule has 160 valence electrons. The molecule has 1 fully saturated rings. The van der Waals surface area contributed by atoms with Crippen molar-refractivity contribution < 1.29 is 9.13 Å². The molecule has 0 aliphatic carbocycles. The quantitative estimate of drug-likeness (QED) is 0.498. The van der Waals surface area contributed by atoms with Gasteiger partial charge in [0.25, 0.3) is 0 Å². The molecule has 3 nitrogen and oxygen atoms in total. The van der Waals surface area contributed by atoms with Gasteiger partial charge in [-0.2, -0.15) is 0 Å².